The Kier molecular flexibility index (Phi) is 7.41. The van der Waals surface area contributed by atoms with Crippen LogP contribution in [0.5, 0.6) is 5.88 Å². The molecule has 7 heteroatoms. The third-order valence-corrected chi connectivity index (χ3v) is 5.42. The molecule has 3 rings (SSSR count). The zero-order valence-corrected chi connectivity index (χ0v) is 17.8. The Morgan fingerprint density at radius 1 is 1.27 bits per heavy atom. The second-order valence-corrected chi connectivity index (χ2v) is 7.46. The molecule has 2 atom stereocenters. The van der Waals surface area contributed by atoms with E-state index in [1.165, 1.54) is 0 Å². The molecule has 1 aromatic heterocycles. The number of amides is 2. The van der Waals surface area contributed by atoms with E-state index in [1.54, 1.807) is 30.3 Å². The number of pyridine rings is 1. The normalized spacial score (nSPS) is 17.1. The standard InChI is InChI=1S/C23H29N3O4/c1-4-16(2)18-8-5-6-10-20(18)26-15-17(14-21(26)27)22(28)25-19-9-7-11-24-23(19)30-13-12-29-3/h5-11,16-17H,4,12-15H2,1-3H3,(H,25,28). The number of methoxy groups -OCH3 is 1. The summed E-state index contributed by atoms with van der Waals surface area (Å²) in [6, 6.07) is 11.4. The summed E-state index contributed by atoms with van der Waals surface area (Å²) in [7, 11) is 1.59. The number of ether oxygens (including phenoxy) is 2. The molecule has 2 unspecified atom stereocenters. The lowest BCUT2D eigenvalue weighted by Crippen LogP contribution is -2.29. The maximum Gasteiger partial charge on any atom is 0.237 e. The topological polar surface area (TPSA) is 80.8 Å². The van der Waals surface area contributed by atoms with Gasteiger partial charge in [0, 0.05) is 32.0 Å². The molecule has 0 bridgehead atoms. The fourth-order valence-electron chi connectivity index (χ4n) is 3.54. The summed E-state index contributed by atoms with van der Waals surface area (Å²) in [5.74, 6) is -0.00471. The van der Waals surface area contributed by atoms with Crippen molar-refractivity contribution in [3.63, 3.8) is 0 Å². The third kappa shape index (κ3) is 4.97. The van der Waals surface area contributed by atoms with Crippen LogP contribution in [0.3, 0.4) is 0 Å². The quantitative estimate of drug-likeness (QED) is 0.638. The molecule has 0 spiro atoms. The molecule has 1 N–H and O–H groups in total. The molecule has 2 aromatic rings. The van der Waals surface area contributed by atoms with E-state index < -0.39 is 5.92 Å². The predicted molar refractivity (Wildman–Crippen MR) is 116 cm³/mol. The van der Waals surface area contributed by atoms with Gasteiger partial charge in [-0.2, -0.15) is 0 Å². The van der Waals surface area contributed by atoms with Gasteiger partial charge in [0.25, 0.3) is 0 Å². The summed E-state index contributed by atoms with van der Waals surface area (Å²) >= 11 is 0. The Labute approximate surface area is 177 Å². The highest BCUT2D eigenvalue weighted by atomic mass is 16.5. The van der Waals surface area contributed by atoms with Gasteiger partial charge in [0.05, 0.1) is 12.5 Å². The van der Waals surface area contributed by atoms with Gasteiger partial charge in [-0.1, -0.05) is 32.0 Å². The maximum absolute atomic E-state index is 12.9. The minimum absolute atomic E-state index is 0.0337. The van der Waals surface area contributed by atoms with Crippen molar-refractivity contribution in [2.45, 2.75) is 32.6 Å². The van der Waals surface area contributed by atoms with Crippen molar-refractivity contribution < 1.29 is 19.1 Å². The molecule has 2 amide bonds. The average Bonchev–Trinajstić information content (AvgIpc) is 3.16. The molecule has 1 fully saturated rings. The van der Waals surface area contributed by atoms with E-state index in [2.05, 4.69) is 30.2 Å². The molecule has 1 saturated heterocycles. The fraction of sp³-hybridized carbons (Fsp3) is 0.435. The van der Waals surface area contributed by atoms with Crippen molar-refractivity contribution in [3.8, 4) is 5.88 Å². The van der Waals surface area contributed by atoms with E-state index in [-0.39, 0.29) is 18.2 Å². The van der Waals surface area contributed by atoms with E-state index in [0.29, 0.717) is 37.2 Å². The van der Waals surface area contributed by atoms with E-state index in [9.17, 15) is 9.59 Å². The lowest BCUT2D eigenvalue weighted by Gasteiger charge is -2.23. The number of rotatable bonds is 9. The van der Waals surface area contributed by atoms with Crippen LogP contribution in [0.15, 0.2) is 42.6 Å². The van der Waals surface area contributed by atoms with E-state index >= 15 is 0 Å². The van der Waals surface area contributed by atoms with Crippen LogP contribution in [0, 0.1) is 5.92 Å². The van der Waals surface area contributed by atoms with Crippen LogP contribution >= 0.6 is 0 Å². The summed E-state index contributed by atoms with van der Waals surface area (Å²) in [5, 5.41) is 2.87. The first-order valence-electron chi connectivity index (χ1n) is 10.3. The predicted octanol–water partition coefficient (Wildman–Crippen LogP) is 3.61. The molecule has 30 heavy (non-hydrogen) atoms. The molecular formula is C23H29N3O4. The molecule has 0 radical (unpaired) electrons. The molecule has 0 saturated carbocycles. The van der Waals surface area contributed by atoms with Gasteiger partial charge in [0.1, 0.15) is 12.3 Å². The van der Waals surface area contributed by atoms with Gasteiger partial charge in [-0.05, 0) is 36.1 Å². The molecule has 1 aliphatic rings. The molecule has 1 aliphatic heterocycles. The maximum atomic E-state index is 12.9. The first kappa shape index (κ1) is 21.8. The monoisotopic (exact) mass is 411 g/mol. The SMILES string of the molecule is CCC(C)c1ccccc1N1CC(C(=O)Nc2cccnc2OCCOC)CC1=O. The van der Waals surface area contributed by atoms with Gasteiger partial charge in [-0.3, -0.25) is 9.59 Å². The van der Waals surface area contributed by atoms with Crippen molar-refractivity contribution in [2.24, 2.45) is 5.92 Å². The number of nitrogens with zero attached hydrogens (tertiary/aromatic N) is 2. The minimum atomic E-state index is -0.436. The molecule has 2 heterocycles. The van der Waals surface area contributed by atoms with Crippen molar-refractivity contribution >= 4 is 23.2 Å². The second kappa shape index (κ2) is 10.2. The van der Waals surface area contributed by atoms with Crippen LogP contribution < -0.4 is 15.0 Å². The number of carbonyl (C=O) groups excluding carboxylic acids is 2. The van der Waals surface area contributed by atoms with E-state index in [4.69, 9.17) is 9.47 Å². The van der Waals surface area contributed by atoms with Gasteiger partial charge in [-0.25, -0.2) is 4.98 Å². The van der Waals surface area contributed by atoms with Gasteiger partial charge in [0.2, 0.25) is 17.7 Å². The third-order valence-electron chi connectivity index (χ3n) is 5.42. The number of benzene rings is 1. The Bertz CT molecular complexity index is 886. The molecule has 160 valence electrons. The van der Waals surface area contributed by atoms with E-state index in [1.807, 2.05) is 18.2 Å². The number of aromatic nitrogens is 1. The lowest BCUT2D eigenvalue weighted by molar-refractivity contribution is -0.122. The van der Waals surface area contributed by atoms with Crippen molar-refractivity contribution in [2.75, 3.05) is 37.1 Å². The average molecular weight is 412 g/mol. The Morgan fingerprint density at radius 3 is 2.83 bits per heavy atom. The van der Waals surface area contributed by atoms with Crippen LogP contribution in [0.25, 0.3) is 0 Å². The molecule has 7 nitrogen and oxygen atoms in total. The van der Waals surface area contributed by atoms with Crippen molar-refractivity contribution in [1.29, 1.82) is 0 Å². The first-order chi connectivity index (χ1) is 14.5. The highest BCUT2D eigenvalue weighted by molar-refractivity contribution is 6.04. The Morgan fingerprint density at radius 2 is 2.07 bits per heavy atom. The summed E-state index contributed by atoms with van der Waals surface area (Å²) in [6.45, 7) is 5.39. The number of para-hydroxylation sites is 1. The van der Waals surface area contributed by atoms with E-state index in [0.717, 1.165) is 17.7 Å². The van der Waals surface area contributed by atoms with Gasteiger partial charge in [-0.15, -0.1) is 0 Å². The van der Waals surface area contributed by atoms with Gasteiger partial charge < -0.3 is 19.7 Å². The summed E-state index contributed by atoms with van der Waals surface area (Å²) in [5.41, 5.74) is 2.53. The van der Waals surface area contributed by atoms with Crippen LogP contribution in [-0.4, -0.2) is 43.7 Å². The highest BCUT2D eigenvalue weighted by Gasteiger charge is 2.36. The fourth-order valence-corrected chi connectivity index (χ4v) is 3.54. The van der Waals surface area contributed by atoms with Crippen LogP contribution in [0.1, 0.15) is 38.2 Å². The molecule has 0 aliphatic carbocycles. The molecular weight excluding hydrogens is 382 g/mol. The highest BCUT2D eigenvalue weighted by Crippen LogP contribution is 2.34. The summed E-state index contributed by atoms with van der Waals surface area (Å²) in [6.07, 6.45) is 2.76. The van der Waals surface area contributed by atoms with Crippen LogP contribution in [-0.2, 0) is 14.3 Å². The van der Waals surface area contributed by atoms with Gasteiger partial charge >= 0.3 is 0 Å². The van der Waals surface area contributed by atoms with Crippen molar-refractivity contribution in [1.82, 2.24) is 4.98 Å². The van der Waals surface area contributed by atoms with Crippen LogP contribution in [0.4, 0.5) is 11.4 Å². The number of hydrogen-bond acceptors (Lipinski definition) is 5. The zero-order chi connectivity index (χ0) is 21.5. The zero-order valence-electron chi connectivity index (χ0n) is 17.8. The largest absolute Gasteiger partial charge is 0.474 e. The second-order valence-electron chi connectivity index (χ2n) is 7.46. The molecule has 1 aromatic carbocycles. The van der Waals surface area contributed by atoms with Crippen molar-refractivity contribution in [3.05, 3.63) is 48.2 Å². The summed E-state index contributed by atoms with van der Waals surface area (Å²) in [4.78, 5) is 31.6. The van der Waals surface area contributed by atoms with Crippen LogP contribution in [0.2, 0.25) is 0 Å². The minimum Gasteiger partial charge on any atom is -0.474 e. The Hall–Kier alpha value is -2.93. The number of nitrogens with one attached hydrogen (secondary N) is 1. The number of anilines is 2. The first-order valence-corrected chi connectivity index (χ1v) is 10.3. The summed E-state index contributed by atoms with van der Waals surface area (Å²) < 4.78 is 10.6. The number of hydrogen-bond donors (Lipinski definition) is 1. The van der Waals surface area contributed by atoms with Gasteiger partial charge in [0.15, 0.2) is 0 Å². The number of carbonyl (C=O) groups is 2. The lowest BCUT2D eigenvalue weighted by atomic mass is 9.96. The Balaban J connectivity index is 1.71. The smallest absolute Gasteiger partial charge is 0.237 e.